The highest BCUT2D eigenvalue weighted by atomic mass is 79.9. The molecule has 1 aliphatic heterocycles. The van der Waals surface area contributed by atoms with Gasteiger partial charge in [0.15, 0.2) is 0 Å². The smallest absolute Gasteiger partial charge is 0.119 e. The molecule has 0 aromatic heterocycles. The maximum atomic E-state index is 5.76. The van der Waals surface area contributed by atoms with E-state index in [1.54, 1.807) is 0 Å². The van der Waals surface area contributed by atoms with Crippen LogP contribution < -0.4 is 4.74 Å². The second kappa shape index (κ2) is 7.15. The summed E-state index contributed by atoms with van der Waals surface area (Å²) in [6, 6.07) is 8.05. The Hall–Kier alpha value is -0.540. The molecule has 2 rings (SSSR count). The first-order chi connectivity index (χ1) is 8.78. The molecule has 1 saturated heterocycles. The Labute approximate surface area is 118 Å². The molecule has 1 aliphatic rings. The van der Waals surface area contributed by atoms with Crippen molar-refractivity contribution in [2.24, 2.45) is 5.92 Å². The molecule has 1 aromatic carbocycles. The summed E-state index contributed by atoms with van der Waals surface area (Å²) in [5.41, 5.74) is 0. The van der Waals surface area contributed by atoms with Crippen molar-refractivity contribution in [3.05, 3.63) is 28.7 Å². The first-order valence-corrected chi connectivity index (χ1v) is 7.68. The van der Waals surface area contributed by atoms with Crippen LogP contribution in [0.15, 0.2) is 28.7 Å². The van der Waals surface area contributed by atoms with Crippen molar-refractivity contribution in [1.29, 1.82) is 0 Å². The van der Waals surface area contributed by atoms with Crippen LogP contribution in [0.2, 0.25) is 0 Å². The highest BCUT2D eigenvalue weighted by Gasteiger charge is 2.20. The summed E-state index contributed by atoms with van der Waals surface area (Å²) in [6.07, 6.45) is 4.06. The molecule has 1 aromatic rings. The van der Waals surface area contributed by atoms with Gasteiger partial charge in [-0.2, -0.15) is 0 Å². The fraction of sp³-hybridized carbons (Fsp3) is 0.600. The Kier molecular flexibility index (Phi) is 5.51. The summed E-state index contributed by atoms with van der Waals surface area (Å²) in [5.74, 6) is 1.88. The number of hydrogen-bond donors (Lipinski definition) is 0. The maximum absolute atomic E-state index is 5.76. The molecule has 0 aliphatic carbocycles. The lowest BCUT2D eigenvalue weighted by molar-refractivity contribution is 0.232. The first-order valence-electron chi connectivity index (χ1n) is 6.88. The van der Waals surface area contributed by atoms with Crippen molar-refractivity contribution in [3.8, 4) is 5.75 Å². The Morgan fingerprint density at radius 2 is 2.11 bits per heavy atom. The minimum Gasteiger partial charge on any atom is -0.492 e. The molecular formula is C15H22BrNO. The molecule has 1 atom stereocenters. The minimum absolute atomic E-state index is 0.792. The third-order valence-corrected chi connectivity index (χ3v) is 4.09. The zero-order valence-corrected chi connectivity index (χ0v) is 12.7. The number of ether oxygens (including phenoxy) is 1. The average molecular weight is 312 g/mol. The molecule has 1 fully saturated rings. The molecule has 0 radical (unpaired) electrons. The molecule has 0 amide bonds. The third kappa shape index (κ3) is 4.29. The summed E-state index contributed by atoms with van der Waals surface area (Å²) in [6.45, 7) is 6.63. The molecule has 2 nitrogen and oxygen atoms in total. The van der Waals surface area contributed by atoms with E-state index in [4.69, 9.17) is 4.74 Å². The molecule has 0 N–H and O–H groups in total. The third-order valence-electron chi connectivity index (χ3n) is 3.56. The number of rotatable bonds is 6. The quantitative estimate of drug-likeness (QED) is 0.788. The minimum atomic E-state index is 0.792. The topological polar surface area (TPSA) is 12.5 Å². The normalized spacial score (nSPS) is 20.2. The van der Waals surface area contributed by atoms with Crippen LogP contribution in [0.25, 0.3) is 0 Å². The summed E-state index contributed by atoms with van der Waals surface area (Å²) in [7, 11) is 0. The van der Waals surface area contributed by atoms with Crippen molar-refractivity contribution in [2.45, 2.75) is 26.2 Å². The van der Waals surface area contributed by atoms with Crippen LogP contribution in [0.3, 0.4) is 0 Å². The zero-order chi connectivity index (χ0) is 12.8. The Morgan fingerprint density at radius 1 is 1.33 bits per heavy atom. The van der Waals surface area contributed by atoms with Crippen LogP contribution in [-0.2, 0) is 0 Å². The van der Waals surface area contributed by atoms with E-state index in [1.807, 2.05) is 24.3 Å². The van der Waals surface area contributed by atoms with Gasteiger partial charge >= 0.3 is 0 Å². The van der Waals surface area contributed by atoms with Crippen molar-refractivity contribution >= 4 is 15.9 Å². The van der Waals surface area contributed by atoms with Gasteiger partial charge in [-0.1, -0.05) is 29.3 Å². The number of hydrogen-bond acceptors (Lipinski definition) is 2. The zero-order valence-electron chi connectivity index (χ0n) is 11.1. The Balaban J connectivity index is 1.65. The molecule has 0 spiro atoms. The maximum Gasteiger partial charge on any atom is 0.119 e. The average Bonchev–Trinajstić information content (AvgIpc) is 2.80. The predicted octanol–water partition coefficient (Wildman–Crippen LogP) is 3.95. The summed E-state index contributed by atoms with van der Waals surface area (Å²) >= 11 is 3.42. The van der Waals surface area contributed by atoms with E-state index in [2.05, 4.69) is 27.8 Å². The van der Waals surface area contributed by atoms with Crippen LogP contribution in [0.1, 0.15) is 26.2 Å². The number of nitrogens with zero attached hydrogens (tertiary/aromatic N) is 1. The summed E-state index contributed by atoms with van der Waals surface area (Å²) < 4.78 is 6.85. The van der Waals surface area contributed by atoms with E-state index in [0.717, 1.165) is 29.3 Å². The SMILES string of the molecule is CCCC1CCN(CCOc2ccc(Br)cc2)C1. The van der Waals surface area contributed by atoms with E-state index >= 15 is 0 Å². The molecular weight excluding hydrogens is 290 g/mol. The largest absolute Gasteiger partial charge is 0.492 e. The fourth-order valence-electron chi connectivity index (χ4n) is 2.58. The predicted molar refractivity (Wildman–Crippen MR) is 79.1 cm³/mol. The highest BCUT2D eigenvalue weighted by molar-refractivity contribution is 9.10. The molecule has 0 bridgehead atoms. The van der Waals surface area contributed by atoms with Crippen molar-refractivity contribution in [3.63, 3.8) is 0 Å². The van der Waals surface area contributed by atoms with Crippen LogP contribution in [0.5, 0.6) is 5.75 Å². The van der Waals surface area contributed by atoms with Gasteiger partial charge in [0, 0.05) is 17.6 Å². The Morgan fingerprint density at radius 3 is 2.83 bits per heavy atom. The van der Waals surface area contributed by atoms with Gasteiger partial charge in [0.1, 0.15) is 12.4 Å². The van der Waals surface area contributed by atoms with Gasteiger partial charge in [0.2, 0.25) is 0 Å². The first kappa shape index (κ1) is 13.9. The summed E-state index contributed by atoms with van der Waals surface area (Å²) in [4.78, 5) is 2.53. The van der Waals surface area contributed by atoms with E-state index in [9.17, 15) is 0 Å². The number of benzene rings is 1. The van der Waals surface area contributed by atoms with Crippen molar-refractivity contribution < 1.29 is 4.74 Å². The van der Waals surface area contributed by atoms with E-state index < -0.39 is 0 Å². The van der Waals surface area contributed by atoms with Crippen LogP contribution >= 0.6 is 15.9 Å². The lowest BCUT2D eigenvalue weighted by atomic mass is 10.0. The Bertz CT molecular complexity index is 352. The van der Waals surface area contributed by atoms with Gasteiger partial charge in [-0.3, -0.25) is 4.90 Å². The second-order valence-corrected chi connectivity index (χ2v) is 5.96. The second-order valence-electron chi connectivity index (χ2n) is 5.05. The fourth-order valence-corrected chi connectivity index (χ4v) is 2.85. The van der Waals surface area contributed by atoms with Gasteiger partial charge < -0.3 is 4.74 Å². The van der Waals surface area contributed by atoms with E-state index in [-0.39, 0.29) is 0 Å². The van der Waals surface area contributed by atoms with E-state index in [0.29, 0.717) is 0 Å². The van der Waals surface area contributed by atoms with Gasteiger partial charge in [0.25, 0.3) is 0 Å². The van der Waals surface area contributed by atoms with Gasteiger partial charge in [0.05, 0.1) is 0 Å². The lowest BCUT2D eigenvalue weighted by Crippen LogP contribution is -2.26. The molecule has 3 heteroatoms. The number of likely N-dealkylation sites (tertiary alicyclic amines) is 1. The molecule has 18 heavy (non-hydrogen) atoms. The monoisotopic (exact) mass is 311 g/mol. The highest BCUT2D eigenvalue weighted by Crippen LogP contribution is 2.20. The van der Waals surface area contributed by atoms with E-state index in [1.165, 1.54) is 32.4 Å². The van der Waals surface area contributed by atoms with Crippen LogP contribution in [-0.4, -0.2) is 31.1 Å². The van der Waals surface area contributed by atoms with Gasteiger partial charge in [-0.15, -0.1) is 0 Å². The molecule has 1 heterocycles. The molecule has 100 valence electrons. The van der Waals surface area contributed by atoms with Crippen LogP contribution in [0.4, 0.5) is 0 Å². The molecule has 1 unspecified atom stereocenters. The lowest BCUT2D eigenvalue weighted by Gasteiger charge is -2.16. The van der Waals surface area contributed by atoms with Crippen molar-refractivity contribution in [2.75, 3.05) is 26.2 Å². The van der Waals surface area contributed by atoms with Crippen molar-refractivity contribution in [1.82, 2.24) is 4.90 Å². The van der Waals surface area contributed by atoms with Crippen LogP contribution in [0, 0.1) is 5.92 Å². The standard InChI is InChI=1S/C15H22BrNO/c1-2-3-13-8-9-17(12-13)10-11-18-15-6-4-14(16)5-7-15/h4-7,13H,2-3,8-12H2,1H3. The molecule has 0 saturated carbocycles. The van der Waals surface area contributed by atoms with Gasteiger partial charge in [-0.05, 0) is 49.6 Å². The summed E-state index contributed by atoms with van der Waals surface area (Å²) in [5, 5.41) is 0. The van der Waals surface area contributed by atoms with Gasteiger partial charge in [-0.25, -0.2) is 0 Å². The number of halogens is 1.